The van der Waals surface area contributed by atoms with Crippen molar-refractivity contribution in [1.82, 2.24) is 14.7 Å². The summed E-state index contributed by atoms with van der Waals surface area (Å²) in [4.78, 5) is 15.5. The molecule has 1 aliphatic heterocycles. The van der Waals surface area contributed by atoms with Crippen LogP contribution in [0.2, 0.25) is 0 Å². The highest BCUT2D eigenvalue weighted by molar-refractivity contribution is 7.10. The molecular formula is C16H22N4O2S. The molecule has 0 bridgehead atoms. The smallest absolute Gasteiger partial charge is 0.323 e. The van der Waals surface area contributed by atoms with Crippen LogP contribution in [0.4, 0.5) is 10.6 Å². The van der Waals surface area contributed by atoms with Gasteiger partial charge in [0.1, 0.15) is 11.9 Å². The van der Waals surface area contributed by atoms with Crippen LogP contribution in [-0.4, -0.2) is 40.4 Å². The van der Waals surface area contributed by atoms with Gasteiger partial charge in [-0.2, -0.15) is 5.10 Å². The van der Waals surface area contributed by atoms with Crippen LogP contribution in [0.25, 0.3) is 0 Å². The Morgan fingerprint density at radius 3 is 2.96 bits per heavy atom. The predicted molar refractivity (Wildman–Crippen MR) is 90.8 cm³/mol. The maximum atomic E-state index is 12.6. The van der Waals surface area contributed by atoms with E-state index in [-0.39, 0.29) is 17.7 Å². The normalized spacial score (nSPS) is 18.9. The first-order valence-electron chi connectivity index (χ1n) is 7.70. The lowest BCUT2D eigenvalue weighted by Gasteiger charge is -2.33. The molecule has 124 valence electrons. The summed E-state index contributed by atoms with van der Waals surface area (Å²) in [6.07, 6.45) is 1.66. The van der Waals surface area contributed by atoms with Crippen molar-refractivity contribution in [2.45, 2.75) is 32.4 Å². The Kier molecular flexibility index (Phi) is 4.41. The molecule has 7 heteroatoms. The number of hydrogen-bond acceptors (Lipinski definition) is 4. The number of rotatable bonds is 2. The molecule has 6 nitrogen and oxygen atoms in total. The number of urea groups is 1. The van der Waals surface area contributed by atoms with Crippen LogP contribution in [0.15, 0.2) is 29.8 Å². The Balaban J connectivity index is 1.68. The van der Waals surface area contributed by atoms with Gasteiger partial charge in [-0.25, -0.2) is 9.48 Å². The van der Waals surface area contributed by atoms with Gasteiger partial charge in [-0.3, -0.25) is 5.32 Å². The van der Waals surface area contributed by atoms with E-state index in [2.05, 4.69) is 31.2 Å². The van der Waals surface area contributed by atoms with Gasteiger partial charge in [0.25, 0.3) is 0 Å². The molecule has 1 saturated heterocycles. The second-order valence-electron chi connectivity index (χ2n) is 6.55. The molecule has 1 atom stereocenters. The molecule has 0 aliphatic carbocycles. The molecule has 1 fully saturated rings. The molecule has 0 spiro atoms. The Hall–Kier alpha value is -1.86. The molecule has 3 heterocycles. The number of amides is 2. The maximum absolute atomic E-state index is 12.6. The summed E-state index contributed by atoms with van der Waals surface area (Å²) < 4.78 is 7.61. The fourth-order valence-electron chi connectivity index (χ4n) is 2.60. The van der Waals surface area contributed by atoms with Crippen LogP contribution in [0.3, 0.4) is 0 Å². The molecule has 3 rings (SSSR count). The minimum absolute atomic E-state index is 0.0398. The van der Waals surface area contributed by atoms with Crippen LogP contribution >= 0.6 is 11.3 Å². The van der Waals surface area contributed by atoms with Gasteiger partial charge in [-0.15, -0.1) is 11.3 Å². The van der Waals surface area contributed by atoms with Crippen molar-refractivity contribution in [2.24, 2.45) is 0 Å². The number of ether oxygens (including phenoxy) is 1. The van der Waals surface area contributed by atoms with E-state index < -0.39 is 0 Å². The molecule has 0 unspecified atom stereocenters. The molecule has 0 aromatic carbocycles. The first-order valence-corrected chi connectivity index (χ1v) is 8.58. The maximum Gasteiger partial charge on any atom is 0.323 e. The van der Waals surface area contributed by atoms with Crippen LogP contribution < -0.4 is 5.32 Å². The van der Waals surface area contributed by atoms with Crippen molar-refractivity contribution in [3.63, 3.8) is 0 Å². The summed E-state index contributed by atoms with van der Waals surface area (Å²) in [5.74, 6) is 0.710. The summed E-state index contributed by atoms with van der Waals surface area (Å²) in [5, 5.41) is 9.30. The summed E-state index contributed by atoms with van der Waals surface area (Å²) in [5.41, 5.74) is -0.184. The van der Waals surface area contributed by atoms with Crippen molar-refractivity contribution in [3.8, 4) is 0 Å². The summed E-state index contributed by atoms with van der Waals surface area (Å²) in [7, 11) is 0. The number of nitrogens with one attached hydrogen (secondary N) is 1. The van der Waals surface area contributed by atoms with Gasteiger partial charge in [0.15, 0.2) is 0 Å². The molecule has 0 radical (unpaired) electrons. The lowest BCUT2D eigenvalue weighted by molar-refractivity contribution is -0.0116. The van der Waals surface area contributed by atoms with Crippen molar-refractivity contribution < 1.29 is 9.53 Å². The van der Waals surface area contributed by atoms with Gasteiger partial charge in [-0.05, 0) is 32.2 Å². The van der Waals surface area contributed by atoms with E-state index in [1.807, 2.05) is 28.3 Å². The highest BCUT2D eigenvalue weighted by Gasteiger charge is 2.27. The average molecular weight is 334 g/mol. The second-order valence-corrected chi connectivity index (χ2v) is 7.53. The van der Waals surface area contributed by atoms with Gasteiger partial charge in [0.05, 0.1) is 24.9 Å². The van der Waals surface area contributed by atoms with E-state index in [4.69, 9.17) is 4.74 Å². The largest absolute Gasteiger partial charge is 0.369 e. The number of carbonyl (C=O) groups is 1. The van der Waals surface area contributed by atoms with Gasteiger partial charge >= 0.3 is 6.03 Å². The van der Waals surface area contributed by atoms with Gasteiger partial charge < -0.3 is 9.64 Å². The zero-order valence-corrected chi connectivity index (χ0v) is 14.5. The van der Waals surface area contributed by atoms with Crippen LogP contribution in [0, 0.1) is 0 Å². The number of morpholine rings is 1. The van der Waals surface area contributed by atoms with Crippen molar-refractivity contribution in [1.29, 1.82) is 0 Å². The number of carbonyl (C=O) groups excluding carboxylic acids is 1. The summed E-state index contributed by atoms with van der Waals surface area (Å²) in [6, 6.07) is 5.76. The standard InChI is InChI=1S/C16H22N4O2S/c1-16(2,3)20-14(6-7-17-20)18-15(21)19-8-9-22-12(11-19)13-5-4-10-23-13/h4-7,10,12H,8-9,11H2,1-3H3,(H,18,21)/t12-/m1/s1. The third-order valence-electron chi connectivity index (χ3n) is 3.73. The van der Waals surface area contributed by atoms with Crippen LogP contribution in [0.1, 0.15) is 31.8 Å². The molecule has 0 saturated carbocycles. The quantitative estimate of drug-likeness (QED) is 0.916. The number of aromatic nitrogens is 2. The number of hydrogen-bond donors (Lipinski definition) is 1. The Morgan fingerprint density at radius 2 is 2.26 bits per heavy atom. The second kappa shape index (κ2) is 6.33. The number of anilines is 1. The average Bonchev–Trinajstić information content (AvgIpc) is 3.18. The van der Waals surface area contributed by atoms with Crippen molar-refractivity contribution >= 4 is 23.2 Å². The van der Waals surface area contributed by atoms with Gasteiger partial charge in [0, 0.05) is 17.5 Å². The summed E-state index contributed by atoms with van der Waals surface area (Å²) in [6.45, 7) is 7.87. The molecule has 2 aromatic rings. The number of nitrogens with zero attached hydrogens (tertiary/aromatic N) is 3. The topological polar surface area (TPSA) is 59.4 Å². The van der Waals surface area contributed by atoms with E-state index in [0.29, 0.717) is 25.5 Å². The molecule has 2 amide bonds. The fourth-order valence-corrected chi connectivity index (χ4v) is 3.37. The van der Waals surface area contributed by atoms with Crippen LogP contribution in [-0.2, 0) is 10.3 Å². The van der Waals surface area contributed by atoms with Crippen LogP contribution in [0.5, 0.6) is 0 Å². The SMILES string of the molecule is CC(C)(C)n1nccc1NC(=O)N1CCO[C@@H](c2cccs2)C1. The third kappa shape index (κ3) is 3.56. The minimum Gasteiger partial charge on any atom is -0.369 e. The molecule has 1 N–H and O–H groups in total. The monoisotopic (exact) mass is 334 g/mol. The van der Waals surface area contributed by atoms with E-state index >= 15 is 0 Å². The number of thiophene rings is 1. The van der Waals surface area contributed by atoms with E-state index in [1.165, 1.54) is 0 Å². The molecule has 2 aromatic heterocycles. The van der Waals surface area contributed by atoms with E-state index in [1.54, 1.807) is 22.4 Å². The minimum atomic E-state index is -0.184. The first kappa shape index (κ1) is 16.0. The first-order chi connectivity index (χ1) is 10.9. The lowest BCUT2D eigenvalue weighted by atomic mass is 10.1. The van der Waals surface area contributed by atoms with Crippen molar-refractivity contribution in [3.05, 3.63) is 34.7 Å². The Bertz CT molecular complexity index is 660. The highest BCUT2D eigenvalue weighted by Crippen LogP contribution is 2.26. The molecule has 1 aliphatic rings. The lowest BCUT2D eigenvalue weighted by Crippen LogP contribution is -2.44. The third-order valence-corrected chi connectivity index (χ3v) is 4.69. The molecular weight excluding hydrogens is 312 g/mol. The summed E-state index contributed by atoms with van der Waals surface area (Å²) >= 11 is 1.66. The highest BCUT2D eigenvalue weighted by atomic mass is 32.1. The predicted octanol–water partition coefficient (Wildman–Crippen LogP) is 3.31. The zero-order valence-electron chi connectivity index (χ0n) is 13.7. The van der Waals surface area contributed by atoms with Crippen molar-refractivity contribution in [2.75, 3.05) is 25.0 Å². The fraction of sp³-hybridized carbons (Fsp3) is 0.500. The zero-order chi connectivity index (χ0) is 16.4. The van der Waals surface area contributed by atoms with Gasteiger partial charge in [-0.1, -0.05) is 6.07 Å². The molecule has 23 heavy (non-hydrogen) atoms. The van der Waals surface area contributed by atoms with E-state index in [9.17, 15) is 4.79 Å². The Labute approximate surface area is 140 Å². The van der Waals surface area contributed by atoms with Gasteiger partial charge in [0.2, 0.25) is 0 Å². The van der Waals surface area contributed by atoms with E-state index in [0.717, 1.165) is 4.88 Å². The Morgan fingerprint density at radius 1 is 1.43 bits per heavy atom.